The first-order valence-electron chi connectivity index (χ1n) is 10.6. The van der Waals surface area contributed by atoms with E-state index in [9.17, 15) is 13.2 Å². The molecule has 1 fully saturated rings. The van der Waals surface area contributed by atoms with Crippen LogP contribution in [0.25, 0.3) is 11.4 Å². The van der Waals surface area contributed by atoms with Crippen molar-refractivity contribution in [3.05, 3.63) is 59.7 Å². The number of rotatable bonds is 5. The molecule has 0 saturated carbocycles. The van der Waals surface area contributed by atoms with Crippen molar-refractivity contribution in [2.24, 2.45) is 11.8 Å². The van der Waals surface area contributed by atoms with Crippen LogP contribution in [0.2, 0.25) is 0 Å². The fourth-order valence-corrected chi connectivity index (χ4v) is 5.81. The number of anilines is 1. The van der Waals surface area contributed by atoms with Crippen molar-refractivity contribution in [2.45, 2.75) is 32.1 Å². The molecule has 1 aromatic heterocycles. The minimum Gasteiger partial charge on any atom is -0.289 e. The number of hydrogen-bond acceptors (Lipinski definition) is 5. The van der Waals surface area contributed by atoms with E-state index in [4.69, 9.17) is 0 Å². The Morgan fingerprint density at radius 2 is 1.78 bits per heavy atom. The van der Waals surface area contributed by atoms with Gasteiger partial charge in [-0.05, 0) is 43.4 Å². The summed E-state index contributed by atoms with van der Waals surface area (Å²) in [5, 5.41) is 9.49. The molecule has 0 radical (unpaired) electrons. The Morgan fingerprint density at radius 1 is 1.09 bits per heavy atom. The summed E-state index contributed by atoms with van der Waals surface area (Å²) in [7, 11) is -3.68. The summed E-state index contributed by atoms with van der Waals surface area (Å²) >= 11 is 0. The first kappa shape index (κ1) is 22.2. The Morgan fingerprint density at radius 3 is 2.47 bits per heavy atom. The average Bonchev–Trinajstić information content (AvgIpc) is 3.22. The zero-order chi connectivity index (χ0) is 22.9. The molecule has 2 heterocycles. The number of nitrogens with one attached hydrogen (secondary N) is 2. The summed E-state index contributed by atoms with van der Waals surface area (Å²) in [6.07, 6.45) is 1.01. The fourth-order valence-electron chi connectivity index (χ4n) is 4.08. The van der Waals surface area contributed by atoms with Gasteiger partial charge in [0.05, 0.1) is 4.90 Å². The molecule has 4 rings (SSSR count). The van der Waals surface area contributed by atoms with Gasteiger partial charge in [0.25, 0.3) is 5.91 Å². The van der Waals surface area contributed by atoms with Crippen LogP contribution in [0, 0.1) is 18.8 Å². The second-order valence-corrected chi connectivity index (χ2v) is 10.6. The second-order valence-electron chi connectivity index (χ2n) is 8.62. The number of hydrogen-bond donors (Lipinski definition) is 2. The van der Waals surface area contributed by atoms with Crippen molar-refractivity contribution in [2.75, 3.05) is 18.4 Å². The molecule has 2 atom stereocenters. The van der Waals surface area contributed by atoms with Crippen LogP contribution in [0.5, 0.6) is 0 Å². The molecule has 32 heavy (non-hydrogen) atoms. The Balaban J connectivity index is 1.51. The highest BCUT2D eigenvalue weighted by Gasteiger charge is 2.32. The monoisotopic (exact) mass is 453 g/mol. The van der Waals surface area contributed by atoms with Crippen molar-refractivity contribution >= 4 is 21.9 Å². The molecule has 1 amide bonds. The molecule has 1 saturated heterocycles. The molecule has 2 aromatic carbocycles. The van der Waals surface area contributed by atoms with Gasteiger partial charge >= 0.3 is 0 Å². The highest BCUT2D eigenvalue weighted by atomic mass is 32.2. The van der Waals surface area contributed by atoms with Crippen molar-refractivity contribution in [3.63, 3.8) is 0 Å². The van der Waals surface area contributed by atoms with E-state index in [1.54, 1.807) is 12.1 Å². The van der Waals surface area contributed by atoms with E-state index in [0.717, 1.165) is 17.5 Å². The van der Waals surface area contributed by atoms with Gasteiger partial charge in [0.2, 0.25) is 16.0 Å². The molecule has 2 N–H and O–H groups in total. The maximum Gasteiger partial charge on any atom is 0.258 e. The highest BCUT2D eigenvalue weighted by Crippen LogP contribution is 2.27. The molecule has 1 aliphatic rings. The number of carbonyl (C=O) groups excluding carboxylic acids is 1. The normalized spacial score (nSPS) is 19.6. The molecule has 0 unspecified atom stereocenters. The van der Waals surface area contributed by atoms with Gasteiger partial charge in [-0.25, -0.2) is 8.42 Å². The summed E-state index contributed by atoms with van der Waals surface area (Å²) in [6.45, 7) is 7.09. The standard InChI is InChI=1S/C23H27N5O3S/c1-15-7-9-18(10-8-15)21-24-23(27-26-21)25-22(29)19-5-4-6-20(12-19)32(30,31)28-13-16(2)11-17(3)14-28/h4-10,12,16-17H,11,13-14H2,1-3H3,(H2,24,25,26,27,29)/t16-,17-/m0/s1. The van der Waals surface area contributed by atoms with E-state index >= 15 is 0 Å². The van der Waals surface area contributed by atoms with E-state index in [2.05, 4.69) is 34.3 Å². The lowest BCUT2D eigenvalue weighted by Crippen LogP contribution is -2.42. The zero-order valence-corrected chi connectivity index (χ0v) is 19.2. The summed E-state index contributed by atoms with van der Waals surface area (Å²) in [6, 6.07) is 13.8. The highest BCUT2D eigenvalue weighted by molar-refractivity contribution is 7.89. The molecular formula is C23H27N5O3S. The number of piperidine rings is 1. The van der Waals surface area contributed by atoms with E-state index in [1.165, 1.54) is 16.4 Å². The maximum atomic E-state index is 13.2. The average molecular weight is 454 g/mol. The number of sulfonamides is 1. The first-order chi connectivity index (χ1) is 15.2. The number of amides is 1. The summed E-state index contributed by atoms with van der Waals surface area (Å²) in [5.74, 6) is 0.779. The maximum absolute atomic E-state index is 13.2. The molecule has 168 valence electrons. The SMILES string of the molecule is Cc1ccc(-c2nc(NC(=O)c3cccc(S(=O)(=O)N4C[C@@H](C)C[C@H](C)C4)c3)n[nH]2)cc1. The predicted molar refractivity (Wildman–Crippen MR) is 123 cm³/mol. The minimum atomic E-state index is -3.68. The molecule has 3 aromatic rings. The van der Waals surface area contributed by atoms with Crippen LogP contribution in [-0.4, -0.2) is 46.9 Å². The lowest BCUT2D eigenvalue weighted by Gasteiger charge is -2.34. The Bertz CT molecular complexity index is 1210. The fraction of sp³-hybridized carbons (Fsp3) is 0.348. The van der Waals surface area contributed by atoms with Gasteiger partial charge in [0.1, 0.15) is 0 Å². The molecule has 0 aliphatic carbocycles. The van der Waals surface area contributed by atoms with Gasteiger partial charge in [-0.3, -0.25) is 15.2 Å². The van der Waals surface area contributed by atoms with E-state index in [-0.39, 0.29) is 16.4 Å². The Kier molecular flexibility index (Phi) is 6.12. The number of H-pyrrole nitrogens is 1. The van der Waals surface area contributed by atoms with Crippen LogP contribution >= 0.6 is 0 Å². The molecule has 9 heteroatoms. The largest absolute Gasteiger partial charge is 0.289 e. The zero-order valence-electron chi connectivity index (χ0n) is 18.4. The van der Waals surface area contributed by atoms with Gasteiger partial charge in [-0.15, -0.1) is 5.10 Å². The van der Waals surface area contributed by atoms with Crippen molar-refractivity contribution < 1.29 is 13.2 Å². The number of carbonyl (C=O) groups is 1. The third-order valence-electron chi connectivity index (χ3n) is 5.61. The van der Waals surface area contributed by atoms with Gasteiger partial charge in [0.15, 0.2) is 5.82 Å². The molecule has 8 nitrogen and oxygen atoms in total. The number of aryl methyl sites for hydroxylation is 1. The number of benzene rings is 2. The van der Waals surface area contributed by atoms with Crippen molar-refractivity contribution in [3.8, 4) is 11.4 Å². The van der Waals surface area contributed by atoms with Crippen LogP contribution in [0.1, 0.15) is 36.2 Å². The molecule has 1 aliphatic heterocycles. The van der Waals surface area contributed by atoms with E-state index in [0.29, 0.717) is 30.7 Å². The number of aromatic amines is 1. The summed E-state index contributed by atoms with van der Waals surface area (Å²) in [5.41, 5.74) is 2.21. The van der Waals surface area contributed by atoms with Crippen LogP contribution in [0.15, 0.2) is 53.4 Å². The predicted octanol–water partition coefficient (Wildman–Crippen LogP) is 3.70. The van der Waals surface area contributed by atoms with Gasteiger partial charge < -0.3 is 0 Å². The third kappa shape index (κ3) is 4.73. The topological polar surface area (TPSA) is 108 Å². The van der Waals surface area contributed by atoms with Gasteiger partial charge in [-0.2, -0.15) is 9.29 Å². The van der Waals surface area contributed by atoms with Crippen LogP contribution < -0.4 is 5.32 Å². The number of nitrogens with zero attached hydrogens (tertiary/aromatic N) is 3. The van der Waals surface area contributed by atoms with E-state index < -0.39 is 15.9 Å². The Labute approximate surface area is 188 Å². The van der Waals surface area contributed by atoms with Crippen LogP contribution in [-0.2, 0) is 10.0 Å². The molecule has 0 bridgehead atoms. The smallest absolute Gasteiger partial charge is 0.258 e. The van der Waals surface area contributed by atoms with E-state index in [1.807, 2.05) is 31.2 Å². The quantitative estimate of drug-likeness (QED) is 0.612. The second kappa shape index (κ2) is 8.84. The lowest BCUT2D eigenvalue weighted by atomic mass is 9.94. The Hall–Kier alpha value is -3.04. The van der Waals surface area contributed by atoms with Crippen molar-refractivity contribution in [1.82, 2.24) is 19.5 Å². The first-order valence-corrected chi connectivity index (χ1v) is 12.1. The van der Waals surface area contributed by atoms with Crippen LogP contribution in [0.3, 0.4) is 0 Å². The summed E-state index contributed by atoms with van der Waals surface area (Å²) < 4.78 is 27.8. The third-order valence-corrected chi connectivity index (χ3v) is 7.43. The molecular weight excluding hydrogens is 426 g/mol. The van der Waals surface area contributed by atoms with Crippen LogP contribution in [0.4, 0.5) is 5.95 Å². The van der Waals surface area contributed by atoms with Gasteiger partial charge in [0, 0.05) is 24.2 Å². The van der Waals surface area contributed by atoms with Gasteiger partial charge in [-0.1, -0.05) is 49.7 Å². The number of aromatic nitrogens is 3. The molecule has 0 spiro atoms. The summed E-state index contributed by atoms with van der Waals surface area (Å²) in [4.78, 5) is 17.2. The minimum absolute atomic E-state index is 0.113. The lowest BCUT2D eigenvalue weighted by molar-refractivity contribution is 0.102. The van der Waals surface area contributed by atoms with Crippen molar-refractivity contribution in [1.29, 1.82) is 0 Å².